The number of allylic oxidation sites excluding steroid dienone is 4. The minimum Gasteiger partial charge on any atom is -0.434 e. The molecule has 0 spiro atoms. The standard InChI is InChI=1S/C27H39NO4/c1-24(2,3)17-28-23(31)32-27(22(30)16-29)15-12-21-19-10-9-18-8-6-7-13-25(18,4)20(19)11-14-26(21,27)5/h7-8,13,16,19-21H,6,9-12,14-15,17H2,1-5H3,(H,28,31)/t19-,20+,21+,25+,26+,27+/m1/s1. The van der Waals surface area contributed by atoms with Crippen LogP contribution in [0.4, 0.5) is 4.79 Å². The number of ketones is 1. The third-order valence-electron chi connectivity index (χ3n) is 9.27. The van der Waals surface area contributed by atoms with E-state index in [4.69, 9.17) is 4.74 Å². The lowest BCUT2D eigenvalue weighted by Gasteiger charge is -2.58. The maximum atomic E-state index is 13.1. The number of rotatable bonds is 4. The summed E-state index contributed by atoms with van der Waals surface area (Å²) >= 11 is 0. The number of Topliss-reactive ketones (excluding diaryl/α,β-unsaturated/α-hetero) is 1. The summed E-state index contributed by atoms with van der Waals surface area (Å²) in [7, 11) is 0. The highest BCUT2D eigenvalue weighted by Crippen LogP contribution is 2.67. The number of amides is 1. The van der Waals surface area contributed by atoms with Crippen molar-refractivity contribution in [2.45, 2.75) is 85.2 Å². The van der Waals surface area contributed by atoms with Gasteiger partial charge in [-0.2, -0.15) is 0 Å². The van der Waals surface area contributed by atoms with Gasteiger partial charge in [0.1, 0.15) is 0 Å². The van der Waals surface area contributed by atoms with Crippen LogP contribution >= 0.6 is 0 Å². The zero-order valence-corrected chi connectivity index (χ0v) is 20.3. The average molecular weight is 442 g/mol. The largest absolute Gasteiger partial charge is 0.434 e. The van der Waals surface area contributed by atoms with Crippen LogP contribution in [0.2, 0.25) is 0 Å². The quantitative estimate of drug-likeness (QED) is 0.360. The van der Waals surface area contributed by atoms with Crippen molar-refractivity contribution in [1.82, 2.24) is 5.32 Å². The number of carbonyl (C=O) groups excluding carboxylic acids is 3. The predicted molar refractivity (Wildman–Crippen MR) is 124 cm³/mol. The van der Waals surface area contributed by atoms with E-state index in [1.165, 1.54) is 0 Å². The second-order valence-corrected chi connectivity index (χ2v) is 12.2. The van der Waals surface area contributed by atoms with E-state index in [0.29, 0.717) is 31.1 Å². The van der Waals surface area contributed by atoms with E-state index in [1.54, 1.807) is 5.57 Å². The second-order valence-electron chi connectivity index (χ2n) is 12.2. The molecular weight excluding hydrogens is 402 g/mol. The van der Waals surface area contributed by atoms with Crippen molar-refractivity contribution >= 4 is 18.2 Å². The van der Waals surface area contributed by atoms with Crippen LogP contribution in [0.1, 0.15) is 79.6 Å². The molecule has 0 aromatic heterocycles. The zero-order chi connectivity index (χ0) is 23.4. The molecule has 4 aliphatic rings. The van der Waals surface area contributed by atoms with Gasteiger partial charge in [0.15, 0.2) is 11.9 Å². The van der Waals surface area contributed by atoms with E-state index in [0.717, 1.165) is 38.5 Å². The number of alkyl carbamates (subject to hydrolysis) is 1. The molecular formula is C27H39NO4. The molecule has 0 unspecified atom stereocenters. The van der Waals surface area contributed by atoms with Crippen LogP contribution in [-0.4, -0.2) is 30.3 Å². The Hall–Kier alpha value is -1.91. The summed E-state index contributed by atoms with van der Waals surface area (Å²) in [4.78, 5) is 37.6. The monoisotopic (exact) mass is 441 g/mol. The van der Waals surface area contributed by atoms with Gasteiger partial charge in [0, 0.05) is 17.4 Å². The topological polar surface area (TPSA) is 72.5 Å². The molecule has 3 fully saturated rings. The van der Waals surface area contributed by atoms with E-state index >= 15 is 0 Å². The molecule has 0 bridgehead atoms. The summed E-state index contributed by atoms with van der Waals surface area (Å²) in [6.45, 7) is 11.0. The molecule has 1 N–H and O–H groups in total. The van der Waals surface area contributed by atoms with E-state index < -0.39 is 22.9 Å². The zero-order valence-electron chi connectivity index (χ0n) is 20.3. The smallest absolute Gasteiger partial charge is 0.408 e. The normalized spacial score (nSPS) is 40.4. The Morgan fingerprint density at radius 2 is 1.88 bits per heavy atom. The number of aldehydes is 1. The Morgan fingerprint density at radius 3 is 2.56 bits per heavy atom. The fourth-order valence-corrected chi connectivity index (χ4v) is 7.59. The summed E-state index contributed by atoms with van der Waals surface area (Å²) in [6.07, 6.45) is 13.2. The Balaban J connectivity index is 1.63. The van der Waals surface area contributed by atoms with Crippen LogP contribution in [-0.2, 0) is 14.3 Å². The predicted octanol–water partition coefficient (Wildman–Crippen LogP) is 5.39. The highest BCUT2D eigenvalue weighted by atomic mass is 16.6. The van der Waals surface area contributed by atoms with E-state index in [2.05, 4.69) is 37.4 Å². The molecule has 0 aromatic carbocycles. The molecule has 5 heteroatoms. The van der Waals surface area contributed by atoms with E-state index in [9.17, 15) is 14.4 Å². The SMILES string of the molecule is CC(C)(C)CNC(=O)O[C@]1(C(=O)C=O)CC[C@H]2[C@@H]3CCC4=CCC=C[C@]4(C)[C@H]3CC[C@@]21C. The average Bonchev–Trinajstić information content (AvgIpc) is 3.04. The van der Waals surface area contributed by atoms with Gasteiger partial charge in [-0.25, -0.2) is 4.79 Å². The van der Waals surface area contributed by atoms with Crippen molar-refractivity contribution in [3.05, 3.63) is 23.8 Å². The van der Waals surface area contributed by atoms with Crippen molar-refractivity contribution in [3.63, 3.8) is 0 Å². The summed E-state index contributed by atoms with van der Waals surface area (Å²) in [5.41, 5.74) is -0.312. The van der Waals surface area contributed by atoms with Gasteiger partial charge in [0.2, 0.25) is 5.78 Å². The van der Waals surface area contributed by atoms with Crippen LogP contribution in [0.15, 0.2) is 23.8 Å². The number of hydrogen-bond donors (Lipinski definition) is 1. The van der Waals surface area contributed by atoms with Gasteiger partial charge in [-0.15, -0.1) is 0 Å². The molecule has 5 nitrogen and oxygen atoms in total. The van der Waals surface area contributed by atoms with Crippen LogP contribution in [0.3, 0.4) is 0 Å². The molecule has 0 aromatic rings. The maximum absolute atomic E-state index is 13.1. The lowest BCUT2D eigenvalue weighted by Crippen LogP contribution is -2.60. The minimum absolute atomic E-state index is 0.0906. The number of nitrogens with one attached hydrogen (secondary N) is 1. The molecule has 0 radical (unpaired) electrons. The van der Waals surface area contributed by atoms with Crippen LogP contribution < -0.4 is 5.32 Å². The molecule has 32 heavy (non-hydrogen) atoms. The first-order valence-electron chi connectivity index (χ1n) is 12.3. The van der Waals surface area contributed by atoms with Crippen LogP contribution in [0, 0.1) is 34.0 Å². The van der Waals surface area contributed by atoms with Crippen molar-refractivity contribution in [3.8, 4) is 0 Å². The Labute approximate surface area is 192 Å². The lowest BCUT2D eigenvalue weighted by molar-refractivity contribution is -0.162. The molecule has 3 saturated carbocycles. The molecule has 6 atom stereocenters. The highest BCUT2D eigenvalue weighted by molar-refractivity contribution is 6.29. The fourth-order valence-electron chi connectivity index (χ4n) is 7.59. The molecule has 4 aliphatic carbocycles. The number of ether oxygens (including phenoxy) is 1. The number of hydrogen-bond acceptors (Lipinski definition) is 4. The first-order valence-corrected chi connectivity index (χ1v) is 12.3. The minimum atomic E-state index is -1.36. The second kappa shape index (κ2) is 7.85. The van der Waals surface area contributed by atoms with Gasteiger partial charge in [-0.05, 0) is 68.1 Å². The first kappa shape index (κ1) is 23.3. The number of carbonyl (C=O) groups is 3. The Morgan fingerprint density at radius 1 is 1.16 bits per heavy atom. The van der Waals surface area contributed by atoms with Crippen molar-refractivity contribution in [2.75, 3.05) is 6.54 Å². The molecule has 176 valence electrons. The van der Waals surface area contributed by atoms with Crippen molar-refractivity contribution in [1.29, 1.82) is 0 Å². The third-order valence-corrected chi connectivity index (χ3v) is 9.27. The van der Waals surface area contributed by atoms with E-state index in [-0.39, 0.29) is 16.7 Å². The van der Waals surface area contributed by atoms with Gasteiger partial charge >= 0.3 is 6.09 Å². The highest BCUT2D eigenvalue weighted by Gasteiger charge is 2.68. The summed E-state index contributed by atoms with van der Waals surface area (Å²) in [5.74, 6) is 0.705. The molecule has 1 amide bonds. The van der Waals surface area contributed by atoms with Crippen LogP contribution in [0.5, 0.6) is 0 Å². The summed E-state index contributed by atoms with van der Waals surface area (Å²) < 4.78 is 5.97. The van der Waals surface area contributed by atoms with Gasteiger partial charge in [0.25, 0.3) is 0 Å². The van der Waals surface area contributed by atoms with Gasteiger partial charge < -0.3 is 10.1 Å². The Bertz CT molecular complexity index is 867. The summed E-state index contributed by atoms with van der Waals surface area (Å²) in [5, 5.41) is 2.82. The van der Waals surface area contributed by atoms with Crippen LogP contribution in [0.25, 0.3) is 0 Å². The third kappa shape index (κ3) is 3.47. The van der Waals surface area contributed by atoms with E-state index in [1.807, 2.05) is 20.8 Å². The molecule has 0 heterocycles. The number of fused-ring (bicyclic) bond motifs is 5. The van der Waals surface area contributed by atoms with Gasteiger partial charge in [0.05, 0.1) is 0 Å². The lowest BCUT2D eigenvalue weighted by atomic mass is 9.47. The molecule has 4 rings (SSSR count). The first-order chi connectivity index (χ1) is 15.0. The summed E-state index contributed by atoms with van der Waals surface area (Å²) in [6, 6.07) is 0. The maximum Gasteiger partial charge on any atom is 0.408 e. The van der Waals surface area contributed by atoms with Gasteiger partial charge in [-0.1, -0.05) is 58.4 Å². The van der Waals surface area contributed by atoms with Crippen molar-refractivity contribution in [2.24, 2.45) is 34.0 Å². The van der Waals surface area contributed by atoms with Gasteiger partial charge in [-0.3, -0.25) is 9.59 Å². The molecule has 0 aliphatic heterocycles. The van der Waals surface area contributed by atoms with Crippen molar-refractivity contribution < 1.29 is 19.1 Å². The molecule has 0 saturated heterocycles. The fraction of sp³-hybridized carbons (Fsp3) is 0.741. The Kier molecular flexibility index (Phi) is 5.70.